The maximum Gasteiger partial charge on any atom is 0.407 e. The molecule has 1 aromatic heterocycles. The Bertz CT molecular complexity index is 907. The van der Waals surface area contributed by atoms with Crippen LogP contribution in [0.25, 0.3) is 11.3 Å². The molecule has 31 heavy (non-hydrogen) atoms. The van der Waals surface area contributed by atoms with Gasteiger partial charge in [0.2, 0.25) is 0 Å². The number of carbonyl (C=O) groups excluding carboxylic acids is 1. The van der Waals surface area contributed by atoms with Crippen LogP contribution in [0.15, 0.2) is 60.8 Å². The third-order valence-corrected chi connectivity index (χ3v) is 4.08. The molecule has 1 heterocycles. The van der Waals surface area contributed by atoms with Gasteiger partial charge in [0, 0.05) is 35.8 Å². The highest BCUT2D eigenvalue weighted by Gasteiger charge is 2.16. The van der Waals surface area contributed by atoms with Gasteiger partial charge in [0.15, 0.2) is 0 Å². The van der Waals surface area contributed by atoms with Gasteiger partial charge in [-0.15, -0.1) is 6.58 Å². The molecule has 0 saturated carbocycles. The van der Waals surface area contributed by atoms with Crippen molar-refractivity contribution in [3.63, 3.8) is 0 Å². The van der Waals surface area contributed by atoms with Gasteiger partial charge >= 0.3 is 6.09 Å². The highest BCUT2D eigenvalue weighted by Crippen LogP contribution is 2.25. The zero-order valence-corrected chi connectivity index (χ0v) is 19.7. The number of alkyl carbamates (subject to hydrolysis) is 1. The topological polar surface area (TPSA) is 63.6 Å². The number of hydrogen-bond acceptors (Lipinski definition) is 4. The highest BCUT2D eigenvalue weighted by molar-refractivity contribution is 5.83. The van der Waals surface area contributed by atoms with Crippen LogP contribution in [0.4, 0.5) is 4.79 Å². The molecule has 0 aliphatic rings. The van der Waals surface area contributed by atoms with Crippen LogP contribution >= 0.6 is 0 Å². The normalized spacial score (nSPS) is 10.8. The summed E-state index contributed by atoms with van der Waals surface area (Å²) in [6.07, 6.45) is 5.41. The largest absolute Gasteiger partial charge is 0.444 e. The van der Waals surface area contributed by atoms with Gasteiger partial charge in [-0.1, -0.05) is 50.8 Å². The molecule has 0 fully saturated rings. The number of aryl methyl sites for hydroxylation is 1. The zero-order chi connectivity index (χ0) is 23.4. The average Bonchev–Trinajstić information content (AvgIpc) is 2.73. The summed E-state index contributed by atoms with van der Waals surface area (Å²) in [5.41, 5.74) is 5.34. The van der Waals surface area contributed by atoms with E-state index >= 15 is 0 Å². The third kappa shape index (κ3) is 8.59. The van der Waals surface area contributed by atoms with E-state index in [2.05, 4.69) is 29.5 Å². The van der Waals surface area contributed by atoms with Crippen molar-refractivity contribution in [2.24, 2.45) is 4.99 Å². The maximum absolute atomic E-state index is 11.8. The molecule has 0 bridgehead atoms. The number of aliphatic imine (C=N–C) groups is 1. The van der Waals surface area contributed by atoms with Gasteiger partial charge < -0.3 is 10.1 Å². The van der Waals surface area contributed by atoms with Crippen LogP contribution in [0, 0.1) is 6.92 Å². The van der Waals surface area contributed by atoms with Crippen LogP contribution in [-0.2, 0) is 17.7 Å². The minimum Gasteiger partial charge on any atom is -0.444 e. The van der Waals surface area contributed by atoms with Crippen molar-refractivity contribution in [1.29, 1.82) is 0 Å². The number of amides is 1. The molecule has 2 aromatic rings. The van der Waals surface area contributed by atoms with Crippen LogP contribution in [-0.4, -0.2) is 22.9 Å². The van der Waals surface area contributed by atoms with Crippen molar-refractivity contribution in [1.82, 2.24) is 10.3 Å². The number of nitrogens with zero attached hydrogens (tertiary/aromatic N) is 2. The van der Waals surface area contributed by atoms with Crippen molar-refractivity contribution < 1.29 is 9.53 Å². The fourth-order valence-electron chi connectivity index (χ4n) is 2.76. The monoisotopic (exact) mass is 421 g/mol. The van der Waals surface area contributed by atoms with Gasteiger partial charge in [0.05, 0.1) is 5.69 Å². The molecule has 1 N–H and O–H groups in total. The van der Waals surface area contributed by atoms with E-state index in [1.807, 2.05) is 71.9 Å². The lowest BCUT2D eigenvalue weighted by Gasteiger charge is -2.19. The number of carbonyl (C=O) groups is 1. The number of rotatable bonds is 7. The fourth-order valence-corrected chi connectivity index (χ4v) is 2.76. The molecule has 5 nitrogen and oxygen atoms in total. The van der Waals surface area contributed by atoms with E-state index in [4.69, 9.17) is 9.72 Å². The average molecular weight is 422 g/mol. The van der Waals surface area contributed by atoms with E-state index in [0.29, 0.717) is 13.0 Å². The quantitative estimate of drug-likeness (QED) is 0.416. The molecule has 0 aliphatic carbocycles. The van der Waals surface area contributed by atoms with Crippen molar-refractivity contribution in [2.45, 2.75) is 60.1 Å². The lowest BCUT2D eigenvalue weighted by atomic mass is 9.99. The van der Waals surface area contributed by atoms with Crippen molar-refractivity contribution in [3.05, 3.63) is 78.1 Å². The first kappa shape index (κ1) is 25.8. The minimum absolute atomic E-state index is 0.401. The molecule has 0 saturated heterocycles. The number of aromatic nitrogens is 1. The summed E-state index contributed by atoms with van der Waals surface area (Å²) in [4.78, 5) is 20.7. The van der Waals surface area contributed by atoms with Gasteiger partial charge in [0.1, 0.15) is 5.60 Å². The first-order valence-corrected chi connectivity index (χ1v) is 10.5. The van der Waals surface area contributed by atoms with Crippen molar-refractivity contribution >= 4 is 12.3 Å². The van der Waals surface area contributed by atoms with Crippen LogP contribution in [0.3, 0.4) is 0 Å². The Hall–Kier alpha value is -3.21. The molecule has 1 amide bonds. The van der Waals surface area contributed by atoms with Crippen molar-refractivity contribution in [2.75, 3.05) is 0 Å². The van der Waals surface area contributed by atoms with E-state index in [1.165, 1.54) is 6.20 Å². The number of hydrogen-bond donors (Lipinski definition) is 1. The number of ether oxygens (including phenoxy) is 1. The SMILES string of the molecule is C=CCc1cc(C=NC=C)c(C)nc1-c1ccc(CNC(=O)OC(C)(C)C)cc1.CC. The Morgan fingerprint density at radius 3 is 2.39 bits per heavy atom. The molecular formula is C26H35N3O2. The molecule has 0 radical (unpaired) electrons. The molecule has 5 heteroatoms. The predicted molar refractivity (Wildman–Crippen MR) is 131 cm³/mol. The van der Waals surface area contributed by atoms with Gasteiger partial charge in [-0.3, -0.25) is 9.98 Å². The van der Waals surface area contributed by atoms with Crippen molar-refractivity contribution in [3.8, 4) is 11.3 Å². The standard InChI is InChI=1S/C24H29N3O2.C2H6/c1-7-9-20-14-21(16-25-8-2)17(3)27-22(20)19-12-10-18(11-13-19)15-26-23(28)29-24(4,5)6;1-2/h7-8,10-14,16H,1-2,9,15H2,3-6H3,(H,26,28);1-2H3. The Morgan fingerprint density at radius 2 is 1.84 bits per heavy atom. The summed E-state index contributed by atoms with van der Waals surface area (Å²) < 4.78 is 5.26. The van der Waals surface area contributed by atoms with Crippen LogP contribution in [0.5, 0.6) is 0 Å². The van der Waals surface area contributed by atoms with Gasteiger partial charge in [-0.05, 0) is 51.3 Å². The Labute approximate surface area is 187 Å². The van der Waals surface area contributed by atoms with Gasteiger partial charge in [0.25, 0.3) is 0 Å². The summed E-state index contributed by atoms with van der Waals surface area (Å²) in [7, 11) is 0. The Morgan fingerprint density at radius 1 is 1.19 bits per heavy atom. The number of benzene rings is 1. The first-order valence-electron chi connectivity index (χ1n) is 10.5. The molecule has 2 rings (SSSR count). The molecular weight excluding hydrogens is 386 g/mol. The molecule has 0 atom stereocenters. The molecule has 0 aliphatic heterocycles. The fraction of sp³-hybridized carbons (Fsp3) is 0.346. The summed E-state index contributed by atoms with van der Waals surface area (Å²) >= 11 is 0. The number of pyridine rings is 1. The van der Waals surface area contributed by atoms with Crippen LogP contribution in [0.1, 0.15) is 57.0 Å². The Kier molecular flexibility index (Phi) is 10.4. The van der Waals surface area contributed by atoms with E-state index in [-0.39, 0.29) is 0 Å². The lowest BCUT2D eigenvalue weighted by molar-refractivity contribution is 0.0523. The minimum atomic E-state index is -0.512. The van der Waals surface area contributed by atoms with E-state index in [0.717, 1.165) is 33.6 Å². The molecule has 166 valence electrons. The zero-order valence-electron chi connectivity index (χ0n) is 19.7. The maximum atomic E-state index is 11.8. The second-order valence-electron chi connectivity index (χ2n) is 7.68. The van der Waals surface area contributed by atoms with E-state index in [9.17, 15) is 4.79 Å². The predicted octanol–water partition coefficient (Wildman–Crippen LogP) is 6.40. The van der Waals surface area contributed by atoms with E-state index in [1.54, 1.807) is 6.21 Å². The third-order valence-electron chi connectivity index (χ3n) is 4.08. The van der Waals surface area contributed by atoms with Gasteiger partial charge in [-0.25, -0.2) is 4.79 Å². The summed E-state index contributed by atoms with van der Waals surface area (Å²) in [5.74, 6) is 0. The number of nitrogens with one attached hydrogen (secondary N) is 1. The second-order valence-corrected chi connectivity index (χ2v) is 7.68. The summed E-state index contributed by atoms with van der Waals surface area (Å²) in [5, 5.41) is 2.77. The second kappa shape index (κ2) is 12.5. The van der Waals surface area contributed by atoms with Crippen LogP contribution in [0.2, 0.25) is 0 Å². The first-order chi connectivity index (χ1) is 14.7. The summed E-state index contributed by atoms with van der Waals surface area (Å²) in [6.45, 7) is 19.3. The van der Waals surface area contributed by atoms with Gasteiger partial charge in [-0.2, -0.15) is 0 Å². The highest BCUT2D eigenvalue weighted by atomic mass is 16.6. The molecule has 0 spiro atoms. The Balaban J connectivity index is 0.00000233. The molecule has 1 aromatic carbocycles. The number of allylic oxidation sites excluding steroid dienone is 1. The van der Waals surface area contributed by atoms with Crippen LogP contribution < -0.4 is 5.32 Å². The summed E-state index contributed by atoms with van der Waals surface area (Å²) in [6, 6.07) is 10.1. The molecule has 0 unspecified atom stereocenters. The smallest absolute Gasteiger partial charge is 0.407 e. The van der Waals surface area contributed by atoms with E-state index < -0.39 is 11.7 Å². The lowest BCUT2D eigenvalue weighted by Crippen LogP contribution is -2.32.